The normalized spacial score (nSPS) is 0. The first-order valence-electron chi connectivity index (χ1n) is 0. The molecule has 0 spiro atoms. The summed E-state index contributed by atoms with van der Waals surface area (Å²) in [6.45, 7) is 0. The van der Waals surface area contributed by atoms with Crippen molar-refractivity contribution in [3.63, 3.8) is 0 Å². The van der Waals surface area contributed by atoms with Gasteiger partial charge in [0.1, 0.15) is 0 Å². The molecule has 0 heterocycles. The minimum absolute atomic E-state index is 0. The molecular weight excluding hydrogens is 489 g/mol. The fourth-order valence-electron chi connectivity index (χ4n) is 0. The second kappa shape index (κ2) is 252. The smallest absolute Gasteiger partial charge is 2.00 e. The van der Waals surface area contributed by atoms with Crippen LogP contribution in [0.4, 0.5) is 0 Å². The summed E-state index contributed by atoms with van der Waals surface area (Å²) >= 11 is 0. The zero-order valence-corrected chi connectivity index (χ0v) is 15.6. The van der Waals surface area contributed by atoms with E-state index < -0.39 is 0 Å². The summed E-state index contributed by atoms with van der Waals surface area (Å²) in [6.07, 6.45) is 0. The second-order valence-electron chi connectivity index (χ2n) is 0. The number of hydrogen-bond acceptors (Lipinski definition) is 0. The Labute approximate surface area is 124 Å². The van der Waals surface area contributed by atoms with Gasteiger partial charge in [0.25, 0.3) is 0 Å². The largest absolute Gasteiger partial charge is 4.00 e. The van der Waals surface area contributed by atoms with Gasteiger partial charge in [-0.1, -0.05) is 0 Å². The Kier molecular flexibility index (Phi) is 7360. The van der Waals surface area contributed by atoms with Crippen molar-refractivity contribution in [3.8, 4) is 0 Å². The average molecular weight is 489 g/mol. The van der Waals surface area contributed by atoms with Gasteiger partial charge in [-0.3, -0.25) is 0 Å². The van der Waals surface area contributed by atoms with E-state index in [9.17, 15) is 0 Å². The minimum Gasteiger partial charge on any atom is -2.00 e. The predicted molar refractivity (Wildman–Crippen MR) is 27.8 cm³/mol. The van der Waals surface area contributed by atoms with Crippen molar-refractivity contribution in [1.29, 1.82) is 0 Å². The standard InChI is InChI=1S/2Ga.7O.2Sn/q2*+3;7*-2;2*+4. The maximum atomic E-state index is 0. The van der Waals surface area contributed by atoms with E-state index in [4.69, 9.17) is 0 Å². The van der Waals surface area contributed by atoms with Crippen molar-refractivity contribution in [2.45, 2.75) is 0 Å². The molecule has 0 amide bonds. The summed E-state index contributed by atoms with van der Waals surface area (Å²) in [6, 6.07) is 0. The predicted octanol–water partition coefficient (Wildman–Crippen LogP) is -2.35. The maximum absolute atomic E-state index is 0. The Balaban J connectivity index is 0. The maximum Gasteiger partial charge on any atom is 4.00 e. The van der Waals surface area contributed by atoms with E-state index in [-0.39, 0.29) is 126 Å². The molecule has 0 bridgehead atoms. The van der Waals surface area contributed by atoms with E-state index in [0.29, 0.717) is 0 Å². The zero-order valence-electron chi connectivity index (χ0n) is 5.01. The topological polar surface area (TPSA) is 200 Å². The molecule has 0 aromatic heterocycles. The molecule has 0 saturated heterocycles. The van der Waals surface area contributed by atoms with E-state index in [1.54, 1.807) is 0 Å². The fourth-order valence-corrected chi connectivity index (χ4v) is 0. The van der Waals surface area contributed by atoms with Gasteiger partial charge < -0.3 is 38.3 Å². The average Bonchev–Trinajstić information content (AvgIpc) is 0. The molecule has 0 saturated carbocycles. The number of rotatable bonds is 0. The van der Waals surface area contributed by atoms with E-state index >= 15 is 0 Å². The fraction of sp³-hybridized carbons (Fsp3) is 0. The van der Waals surface area contributed by atoms with Gasteiger partial charge in [-0.15, -0.1) is 0 Å². The Morgan fingerprint density at radius 3 is 0.273 bits per heavy atom. The van der Waals surface area contributed by atoms with Crippen LogP contribution in [0.15, 0.2) is 0 Å². The minimum atomic E-state index is 0. The van der Waals surface area contributed by atoms with Gasteiger partial charge >= 0.3 is 87.4 Å². The molecule has 11 heteroatoms. The summed E-state index contributed by atoms with van der Waals surface area (Å²) in [5.74, 6) is 0. The second-order valence-corrected chi connectivity index (χ2v) is 0. The molecular formula is Ga2O7Sn2. The first kappa shape index (κ1) is 321. The van der Waals surface area contributed by atoms with E-state index in [1.165, 1.54) is 0 Å². The molecule has 0 aliphatic rings. The van der Waals surface area contributed by atoms with Gasteiger partial charge in [0, 0.05) is 0 Å². The third-order valence-corrected chi connectivity index (χ3v) is 0. The van der Waals surface area contributed by atoms with Crippen LogP contribution in [0.1, 0.15) is 0 Å². The summed E-state index contributed by atoms with van der Waals surface area (Å²) < 4.78 is 0. The monoisotopic (exact) mass is 490 g/mol. The van der Waals surface area contributed by atoms with E-state index in [1.807, 2.05) is 0 Å². The summed E-state index contributed by atoms with van der Waals surface area (Å²) in [5, 5.41) is 0. The van der Waals surface area contributed by atoms with Crippen molar-refractivity contribution in [2.75, 3.05) is 0 Å². The van der Waals surface area contributed by atoms with Crippen molar-refractivity contribution < 1.29 is 38.3 Å². The SMILES string of the molecule is [Ga+3].[Ga+3].[O-2].[O-2].[O-2].[O-2].[O-2].[O-2].[O-2].[Sn+4].[Sn+4]. The first-order valence-corrected chi connectivity index (χ1v) is 0. The first-order chi connectivity index (χ1) is 0. The van der Waals surface area contributed by atoms with Gasteiger partial charge in [-0.2, -0.15) is 0 Å². The molecule has 0 aromatic rings. The zero-order chi connectivity index (χ0) is 0. The van der Waals surface area contributed by atoms with E-state index in [2.05, 4.69) is 0 Å². The van der Waals surface area contributed by atoms with Crippen molar-refractivity contribution in [3.05, 3.63) is 0 Å². The summed E-state index contributed by atoms with van der Waals surface area (Å²) in [4.78, 5) is 0. The Morgan fingerprint density at radius 2 is 0.273 bits per heavy atom. The van der Waals surface area contributed by atoms with Crippen LogP contribution in [0, 0.1) is 0 Å². The molecule has 56 valence electrons. The van der Waals surface area contributed by atoms with Crippen LogP contribution in [0.5, 0.6) is 0 Å². The molecule has 0 aliphatic heterocycles. The molecule has 0 radical (unpaired) electrons. The van der Waals surface area contributed by atoms with Gasteiger partial charge in [-0.25, -0.2) is 0 Å². The Morgan fingerprint density at radius 1 is 0.273 bits per heavy atom. The third-order valence-electron chi connectivity index (χ3n) is 0. The van der Waals surface area contributed by atoms with Crippen LogP contribution < -0.4 is 0 Å². The van der Waals surface area contributed by atoms with Crippen LogP contribution >= 0.6 is 0 Å². The van der Waals surface area contributed by atoms with Crippen LogP contribution in [0.3, 0.4) is 0 Å². The number of hydrogen-bond donors (Lipinski definition) is 0. The van der Waals surface area contributed by atoms with Crippen molar-refractivity contribution in [1.82, 2.24) is 0 Å². The van der Waals surface area contributed by atoms with Crippen LogP contribution in [0.25, 0.3) is 0 Å². The molecule has 0 aliphatic carbocycles. The molecule has 0 unspecified atom stereocenters. The van der Waals surface area contributed by atoms with Gasteiger partial charge in [-0.05, 0) is 0 Å². The molecule has 0 aromatic carbocycles. The van der Waals surface area contributed by atoms with Gasteiger partial charge in [0.05, 0.1) is 0 Å². The Bertz CT molecular complexity index is 14.4. The molecule has 0 rings (SSSR count). The van der Waals surface area contributed by atoms with Crippen LogP contribution in [-0.4, -0.2) is 87.4 Å². The van der Waals surface area contributed by atoms with Crippen LogP contribution in [0.2, 0.25) is 0 Å². The van der Waals surface area contributed by atoms with Crippen molar-refractivity contribution >= 4 is 87.4 Å². The third kappa shape index (κ3) is 210. The van der Waals surface area contributed by atoms with Crippen LogP contribution in [-0.2, 0) is 38.3 Å². The Hall–Kier alpha value is 2.59. The molecule has 11 heavy (non-hydrogen) atoms. The van der Waals surface area contributed by atoms with Crippen molar-refractivity contribution in [2.24, 2.45) is 0 Å². The quantitative estimate of drug-likeness (QED) is 0.329. The van der Waals surface area contributed by atoms with Gasteiger partial charge in [0.15, 0.2) is 0 Å². The molecule has 0 fully saturated rings. The summed E-state index contributed by atoms with van der Waals surface area (Å²) in [7, 11) is 0. The van der Waals surface area contributed by atoms with E-state index in [0.717, 1.165) is 0 Å². The summed E-state index contributed by atoms with van der Waals surface area (Å²) in [5.41, 5.74) is 0. The molecule has 7 nitrogen and oxygen atoms in total. The molecule has 0 atom stereocenters. The molecule has 0 N–H and O–H groups in total. The van der Waals surface area contributed by atoms with Gasteiger partial charge in [0.2, 0.25) is 0 Å².